The molecule has 1 aromatic rings. The molecule has 1 amide bonds. The van der Waals surface area contributed by atoms with Crippen molar-refractivity contribution in [2.24, 2.45) is 0 Å². The predicted octanol–water partition coefficient (Wildman–Crippen LogP) is 0.890. The Kier molecular flexibility index (Phi) is 4.10. The summed E-state index contributed by atoms with van der Waals surface area (Å²) in [6.07, 6.45) is 1.70. The number of anilines is 1. The third-order valence-electron chi connectivity index (χ3n) is 2.15. The summed E-state index contributed by atoms with van der Waals surface area (Å²) < 4.78 is 1.54. The number of carbonyl (C=O) groups excluding carboxylic acids is 1. The average molecular weight is 222 g/mol. The van der Waals surface area contributed by atoms with Crippen LogP contribution in [-0.2, 0) is 11.3 Å². The highest BCUT2D eigenvalue weighted by Gasteiger charge is 2.12. The first-order valence-corrected chi connectivity index (χ1v) is 5.24. The Morgan fingerprint density at radius 3 is 2.81 bits per heavy atom. The van der Waals surface area contributed by atoms with Crippen molar-refractivity contribution in [2.75, 3.05) is 18.8 Å². The first-order chi connectivity index (χ1) is 7.52. The van der Waals surface area contributed by atoms with Gasteiger partial charge in [0.15, 0.2) is 0 Å². The zero-order chi connectivity index (χ0) is 12.1. The third-order valence-corrected chi connectivity index (χ3v) is 2.15. The van der Waals surface area contributed by atoms with E-state index in [4.69, 9.17) is 5.73 Å². The van der Waals surface area contributed by atoms with Crippen molar-refractivity contribution in [1.29, 1.82) is 0 Å². The van der Waals surface area contributed by atoms with Gasteiger partial charge in [0.2, 0.25) is 5.91 Å². The maximum atomic E-state index is 11.9. The summed E-state index contributed by atoms with van der Waals surface area (Å²) in [5.41, 5.74) is 6.44. The molecule has 0 spiro atoms. The van der Waals surface area contributed by atoms with Crippen LogP contribution in [0.5, 0.6) is 0 Å². The van der Waals surface area contributed by atoms with E-state index in [0.29, 0.717) is 18.9 Å². The number of nitrogen functional groups attached to an aromatic ring is 1. The molecule has 0 atom stereocenters. The van der Waals surface area contributed by atoms with Gasteiger partial charge in [-0.1, -0.05) is 12.2 Å². The number of aromatic nitrogens is 2. The molecule has 0 saturated carbocycles. The number of hydrogen-bond donors (Lipinski definition) is 1. The smallest absolute Gasteiger partial charge is 0.244 e. The maximum Gasteiger partial charge on any atom is 0.244 e. The lowest BCUT2D eigenvalue weighted by atomic mass is 10.3. The van der Waals surface area contributed by atoms with E-state index in [1.54, 1.807) is 21.8 Å². The molecule has 0 aromatic carbocycles. The monoisotopic (exact) mass is 222 g/mol. The van der Waals surface area contributed by atoms with E-state index in [2.05, 4.69) is 11.7 Å². The number of likely N-dealkylation sites (N-methyl/N-ethyl adjacent to an activating group) is 1. The fraction of sp³-hybridized carbons (Fsp3) is 0.455. The number of carbonyl (C=O) groups is 1. The van der Waals surface area contributed by atoms with Gasteiger partial charge in [-0.05, 0) is 19.9 Å². The highest BCUT2D eigenvalue weighted by Crippen LogP contribution is 2.00. The lowest BCUT2D eigenvalue weighted by Gasteiger charge is -2.20. The predicted molar refractivity (Wildman–Crippen MR) is 63.7 cm³/mol. The molecule has 5 nitrogen and oxygen atoms in total. The Labute approximate surface area is 95.5 Å². The van der Waals surface area contributed by atoms with Gasteiger partial charge in [0.1, 0.15) is 12.4 Å². The van der Waals surface area contributed by atoms with Crippen LogP contribution in [0.4, 0.5) is 5.82 Å². The molecule has 0 fully saturated rings. The zero-order valence-corrected chi connectivity index (χ0v) is 9.81. The largest absolute Gasteiger partial charge is 0.382 e. The van der Waals surface area contributed by atoms with Gasteiger partial charge >= 0.3 is 0 Å². The quantitative estimate of drug-likeness (QED) is 0.752. The molecular formula is C11H18N4O. The van der Waals surface area contributed by atoms with Crippen LogP contribution in [0.2, 0.25) is 0 Å². The summed E-state index contributed by atoms with van der Waals surface area (Å²) in [7, 11) is 0. The topological polar surface area (TPSA) is 64.2 Å². The van der Waals surface area contributed by atoms with Crippen LogP contribution in [0.15, 0.2) is 24.4 Å². The first kappa shape index (κ1) is 12.3. The number of rotatable bonds is 5. The molecule has 0 bridgehead atoms. The number of nitrogens with zero attached hydrogens (tertiary/aromatic N) is 3. The molecule has 88 valence electrons. The van der Waals surface area contributed by atoms with Crippen LogP contribution in [0.1, 0.15) is 13.8 Å². The second-order valence-electron chi connectivity index (χ2n) is 3.80. The third kappa shape index (κ3) is 3.42. The highest BCUT2D eigenvalue weighted by atomic mass is 16.2. The van der Waals surface area contributed by atoms with Crippen LogP contribution in [0.3, 0.4) is 0 Å². The van der Waals surface area contributed by atoms with E-state index in [1.807, 2.05) is 13.8 Å². The Balaban J connectivity index is 2.59. The summed E-state index contributed by atoms with van der Waals surface area (Å²) in [5.74, 6) is 0.448. The van der Waals surface area contributed by atoms with Gasteiger partial charge in [0.25, 0.3) is 0 Å². The Morgan fingerprint density at radius 2 is 2.38 bits per heavy atom. The molecule has 1 rings (SSSR count). The number of hydrogen-bond acceptors (Lipinski definition) is 3. The summed E-state index contributed by atoms with van der Waals surface area (Å²) >= 11 is 0. The van der Waals surface area contributed by atoms with Gasteiger partial charge < -0.3 is 10.6 Å². The van der Waals surface area contributed by atoms with Crippen molar-refractivity contribution in [2.45, 2.75) is 20.4 Å². The molecule has 5 heteroatoms. The van der Waals surface area contributed by atoms with Crippen molar-refractivity contribution in [3.05, 3.63) is 24.4 Å². The van der Waals surface area contributed by atoms with E-state index in [9.17, 15) is 4.79 Å². The van der Waals surface area contributed by atoms with Crippen molar-refractivity contribution >= 4 is 11.7 Å². The van der Waals surface area contributed by atoms with E-state index in [-0.39, 0.29) is 12.5 Å². The van der Waals surface area contributed by atoms with Crippen molar-refractivity contribution in [1.82, 2.24) is 14.7 Å². The fourth-order valence-corrected chi connectivity index (χ4v) is 1.41. The van der Waals surface area contributed by atoms with Gasteiger partial charge in [-0.15, -0.1) is 0 Å². The van der Waals surface area contributed by atoms with Gasteiger partial charge in [-0.3, -0.25) is 9.48 Å². The van der Waals surface area contributed by atoms with Gasteiger partial charge in [0.05, 0.1) is 0 Å². The fourth-order valence-electron chi connectivity index (χ4n) is 1.41. The summed E-state index contributed by atoms with van der Waals surface area (Å²) in [5, 5.41) is 3.97. The van der Waals surface area contributed by atoms with Crippen LogP contribution in [0.25, 0.3) is 0 Å². The SMILES string of the molecule is C=C(C)CN(CC)C(=O)Cn1ccc(N)n1. The van der Waals surface area contributed by atoms with E-state index in [0.717, 1.165) is 5.57 Å². The van der Waals surface area contributed by atoms with E-state index in [1.165, 1.54) is 0 Å². The second kappa shape index (κ2) is 5.34. The van der Waals surface area contributed by atoms with Crippen molar-refractivity contribution in [3.63, 3.8) is 0 Å². The van der Waals surface area contributed by atoms with Gasteiger partial charge in [-0.2, -0.15) is 5.10 Å². The average Bonchev–Trinajstić information content (AvgIpc) is 2.60. The molecule has 0 radical (unpaired) electrons. The molecule has 0 aliphatic rings. The molecule has 1 aromatic heterocycles. The molecule has 0 aliphatic carbocycles. The summed E-state index contributed by atoms with van der Waals surface area (Å²) in [6, 6.07) is 1.67. The summed E-state index contributed by atoms with van der Waals surface area (Å²) in [4.78, 5) is 13.6. The van der Waals surface area contributed by atoms with Crippen molar-refractivity contribution in [3.8, 4) is 0 Å². The molecule has 1 heterocycles. The van der Waals surface area contributed by atoms with Crippen LogP contribution >= 0.6 is 0 Å². The van der Waals surface area contributed by atoms with Gasteiger partial charge in [-0.25, -0.2) is 0 Å². The molecular weight excluding hydrogens is 204 g/mol. The Bertz CT molecular complexity index is 383. The molecule has 0 unspecified atom stereocenters. The zero-order valence-electron chi connectivity index (χ0n) is 9.81. The standard InChI is InChI=1S/C11H18N4O/c1-4-14(7-9(2)3)11(16)8-15-6-5-10(12)13-15/h5-6H,2,4,7-8H2,1,3H3,(H2,12,13). The molecule has 2 N–H and O–H groups in total. The first-order valence-electron chi connectivity index (χ1n) is 5.24. The summed E-state index contributed by atoms with van der Waals surface area (Å²) in [6.45, 7) is 9.13. The normalized spacial score (nSPS) is 10.1. The maximum absolute atomic E-state index is 11.9. The molecule has 16 heavy (non-hydrogen) atoms. The Morgan fingerprint density at radius 1 is 1.69 bits per heavy atom. The second-order valence-corrected chi connectivity index (χ2v) is 3.80. The number of nitrogens with two attached hydrogens (primary N) is 1. The van der Waals surface area contributed by atoms with Crippen LogP contribution in [-0.4, -0.2) is 33.7 Å². The molecule has 0 saturated heterocycles. The minimum atomic E-state index is 0.0219. The lowest BCUT2D eigenvalue weighted by molar-refractivity contribution is -0.131. The van der Waals surface area contributed by atoms with Gasteiger partial charge in [0, 0.05) is 19.3 Å². The Hall–Kier alpha value is -1.78. The molecule has 0 aliphatic heterocycles. The van der Waals surface area contributed by atoms with E-state index >= 15 is 0 Å². The minimum Gasteiger partial charge on any atom is -0.382 e. The van der Waals surface area contributed by atoms with Crippen LogP contribution in [0, 0.1) is 0 Å². The highest BCUT2D eigenvalue weighted by molar-refractivity contribution is 5.76. The minimum absolute atomic E-state index is 0.0219. The van der Waals surface area contributed by atoms with E-state index < -0.39 is 0 Å². The number of amides is 1. The van der Waals surface area contributed by atoms with Crippen molar-refractivity contribution < 1.29 is 4.79 Å². The van der Waals surface area contributed by atoms with Crippen LogP contribution < -0.4 is 5.73 Å². The lowest BCUT2D eigenvalue weighted by Crippen LogP contribution is -2.35.